The van der Waals surface area contributed by atoms with E-state index >= 15 is 0 Å². The van der Waals surface area contributed by atoms with E-state index in [0.29, 0.717) is 0 Å². The second-order valence-corrected chi connectivity index (χ2v) is 4.32. The van der Waals surface area contributed by atoms with Crippen molar-refractivity contribution in [3.05, 3.63) is 0 Å². The first-order valence-corrected chi connectivity index (χ1v) is 5.49. The maximum absolute atomic E-state index is 3.43. The molecule has 84 valence electrons. The molecule has 0 aromatic carbocycles. The quantitative estimate of drug-likeness (QED) is 0.689. The zero-order valence-electron chi connectivity index (χ0n) is 9.04. The Morgan fingerprint density at radius 3 is 2.14 bits per heavy atom. The third-order valence-corrected chi connectivity index (χ3v) is 3.36. The molecule has 14 heavy (non-hydrogen) atoms. The monoisotopic (exact) mass is 219 g/mol. The van der Waals surface area contributed by atoms with Gasteiger partial charge in [-0.05, 0) is 33.0 Å². The molecule has 0 aromatic rings. The SMILES string of the molecule is CN1CCN(C2CCNCC2)CC1.Cl. The fourth-order valence-electron chi connectivity index (χ4n) is 2.36. The van der Waals surface area contributed by atoms with E-state index in [4.69, 9.17) is 0 Å². The Morgan fingerprint density at radius 2 is 1.57 bits per heavy atom. The summed E-state index contributed by atoms with van der Waals surface area (Å²) in [6.45, 7) is 7.50. The van der Waals surface area contributed by atoms with Crippen LogP contribution >= 0.6 is 12.4 Å². The second kappa shape index (κ2) is 5.91. The minimum Gasteiger partial charge on any atom is -0.317 e. The van der Waals surface area contributed by atoms with Crippen LogP contribution in [0, 0.1) is 0 Å². The lowest BCUT2D eigenvalue weighted by Gasteiger charge is -2.39. The third-order valence-electron chi connectivity index (χ3n) is 3.36. The summed E-state index contributed by atoms with van der Waals surface area (Å²) in [5, 5.41) is 3.43. The molecular weight excluding hydrogens is 198 g/mol. The summed E-state index contributed by atoms with van der Waals surface area (Å²) in [6, 6.07) is 0.870. The van der Waals surface area contributed by atoms with Crippen LogP contribution in [0.4, 0.5) is 0 Å². The average molecular weight is 220 g/mol. The van der Waals surface area contributed by atoms with Crippen LogP contribution in [0.15, 0.2) is 0 Å². The first kappa shape index (κ1) is 12.2. The smallest absolute Gasteiger partial charge is 0.0120 e. The van der Waals surface area contributed by atoms with Gasteiger partial charge in [0.15, 0.2) is 0 Å². The van der Waals surface area contributed by atoms with Gasteiger partial charge in [0.1, 0.15) is 0 Å². The fourth-order valence-corrected chi connectivity index (χ4v) is 2.36. The van der Waals surface area contributed by atoms with Crippen LogP contribution in [0.5, 0.6) is 0 Å². The van der Waals surface area contributed by atoms with Crippen LogP contribution in [0.25, 0.3) is 0 Å². The molecule has 0 aromatic heterocycles. The lowest BCUT2D eigenvalue weighted by molar-refractivity contribution is 0.0948. The largest absolute Gasteiger partial charge is 0.317 e. The molecule has 0 bridgehead atoms. The molecule has 0 amide bonds. The van der Waals surface area contributed by atoms with E-state index in [1.165, 1.54) is 52.1 Å². The van der Waals surface area contributed by atoms with Gasteiger partial charge in [0.2, 0.25) is 0 Å². The van der Waals surface area contributed by atoms with Crippen LogP contribution in [0.1, 0.15) is 12.8 Å². The summed E-state index contributed by atoms with van der Waals surface area (Å²) in [6.07, 6.45) is 2.70. The van der Waals surface area contributed by atoms with Gasteiger partial charge in [0.05, 0.1) is 0 Å². The Kier molecular flexibility index (Phi) is 5.17. The summed E-state index contributed by atoms with van der Waals surface area (Å²) >= 11 is 0. The van der Waals surface area contributed by atoms with Crippen LogP contribution < -0.4 is 5.32 Å². The van der Waals surface area contributed by atoms with E-state index < -0.39 is 0 Å². The molecule has 0 radical (unpaired) electrons. The lowest BCUT2D eigenvalue weighted by atomic mass is 10.0. The van der Waals surface area contributed by atoms with Crippen molar-refractivity contribution < 1.29 is 0 Å². The average Bonchev–Trinajstić information content (AvgIpc) is 2.20. The molecule has 0 saturated carbocycles. The van der Waals surface area contributed by atoms with Crippen molar-refractivity contribution in [3.63, 3.8) is 0 Å². The van der Waals surface area contributed by atoms with Crippen LogP contribution in [-0.2, 0) is 0 Å². The van der Waals surface area contributed by atoms with Gasteiger partial charge in [-0.25, -0.2) is 0 Å². The highest BCUT2D eigenvalue weighted by Gasteiger charge is 2.23. The molecule has 1 N–H and O–H groups in total. The molecule has 2 aliphatic rings. The Bertz CT molecular complexity index is 151. The number of nitrogens with one attached hydrogen (secondary N) is 1. The van der Waals surface area contributed by atoms with Gasteiger partial charge < -0.3 is 10.2 Å². The minimum absolute atomic E-state index is 0. The number of piperazine rings is 1. The molecule has 2 rings (SSSR count). The highest BCUT2D eigenvalue weighted by molar-refractivity contribution is 5.85. The molecule has 0 atom stereocenters. The van der Waals surface area contributed by atoms with Crippen molar-refractivity contribution in [2.75, 3.05) is 46.3 Å². The van der Waals surface area contributed by atoms with Gasteiger partial charge in [-0.3, -0.25) is 4.90 Å². The molecule has 0 unspecified atom stereocenters. The van der Waals surface area contributed by atoms with Crippen LogP contribution in [-0.4, -0.2) is 62.2 Å². The van der Waals surface area contributed by atoms with Gasteiger partial charge in [-0.15, -0.1) is 12.4 Å². The number of hydrogen-bond acceptors (Lipinski definition) is 3. The van der Waals surface area contributed by atoms with Crippen molar-refractivity contribution in [1.82, 2.24) is 15.1 Å². The van der Waals surface area contributed by atoms with E-state index in [9.17, 15) is 0 Å². The van der Waals surface area contributed by atoms with Crippen molar-refractivity contribution >= 4 is 12.4 Å². The van der Waals surface area contributed by atoms with Gasteiger partial charge in [0.25, 0.3) is 0 Å². The number of halogens is 1. The topological polar surface area (TPSA) is 18.5 Å². The summed E-state index contributed by atoms with van der Waals surface area (Å²) in [5.41, 5.74) is 0. The van der Waals surface area contributed by atoms with Gasteiger partial charge in [-0.2, -0.15) is 0 Å². The summed E-state index contributed by atoms with van der Waals surface area (Å²) in [4.78, 5) is 5.11. The normalized spacial score (nSPS) is 27.2. The first-order chi connectivity index (χ1) is 6.36. The van der Waals surface area contributed by atoms with Crippen molar-refractivity contribution in [2.45, 2.75) is 18.9 Å². The van der Waals surface area contributed by atoms with Crippen molar-refractivity contribution in [2.24, 2.45) is 0 Å². The van der Waals surface area contributed by atoms with E-state index in [1.807, 2.05) is 0 Å². The molecule has 4 heteroatoms. The van der Waals surface area contributed by atoms with Crippen LogP contribution in [0.3, 0.4) is 0 Å². The van der Waals surface area contributed by atoms with E-state index in [1.54, 1.807) is 0 Å². The Morgan fingerprint density at radius 1 is 1.00 bits per heavy atom. The number of nitrogens with zero attached hydrogens (tertiary/aromatic N) is 2. The molecular formula is C10H22ClN3. The Balaban J connectivity index is 0.000000980. The number of hydrogen-bond donors (Lipinski definition) is 1. The van der Waals surface area contributed by atoms with E-state index in [-0.39, 0.29) is 12.4 Å². The summed E-state index contributed by atoms with van der Waals surface area (Å²) < 4.78 is 0. The second-order valence-electron chi connectivity index (χ2n) is 4.32. The number of piperidine rings is 1. The molecule has 2 aliphatic heterocycles. The van der Waals surface area contributed by atoms with Gasteiger partial charge >= 0.3 is 0 Å². The summed E-state index contributed by atoms with van der Waals surface area (Å²) in [7, 11) is 2.22. The van der Waals surface area contributed by atoms with E-state index in [0.717, 1.165) is 6.04 Å². The Hall–Kier alpha value is 0.170. The maximum Gasteiger partial charge on any atom is 0.0120 e. The minimum atomic E-state index is 0. The zero-order valence-corrected chi connectivity index (χ0v) is 9.85. The molecule has 2 fully saturated rings. The molecule has 0 aliphatic carbocycles. The molecule has 0 spiro atoms. The molecule has 3 nitrogen and oxygen atoms in total. The maximum atomic E-state index is 3.43. The highest BCUT2D eigenvalue weighted by atomic mass is 35.5. The molecule has 2 saturated heterocycles. The van der Waals surface area contributed by atoms with Crippen LogP contribution in [0.2, 0.25) is 0 Å². The zero-order chi connectivity index (χ0) is 9.10. The Labute approximate surface area is 93.2 Å². The molecule has 2 heterocycles. The predicted octanol–water partition coefficient (Wildman–Crippen LogP) is 0.408. The highest BCUT2D eigenvalue weighted by Crippen LogP contribution is 2.13. The standard InChI is InChI=1S/C10H21N3.ClH/c1-12-6-8-13(9-7-12)10-2-4-11-5-3-10;/h10-11H,2-9H2,1H3;1H. The van der Waals surface area contributed by atoms with Gasteiger partial charge in [0, 0.05) is 32.2 Å². The first-order valence-electron chi connectivity index (χ1n) is 5.49. The van der Waals surface area contributed by atoms with Crippen molar-refractivity contribution in [1.29, 1.82) is 0 Å². The summed E-state index contributed by atoms with van der Waals surface area (Å²) in [5.74, 6) is 0. The van der Waals surface area contributed by atoms with Gasteiger partial charge in [-0.1, -0.05) is 0 Å². The van der Waals surface area contributed by atoms with E-state index in [2.05, 4.69) is 22.2 Å². The number of rotatable bonds is 1. The predicted molar refractivity (Wildman–Crippen MR) is 62.2 cm³/mol. The third kappa shape index (κ3) is 3.09. The lowest BCUT2D eigenvalue weighted by Crippen LogP contribution is -2.51. The van der Waals surface area contributed by atoms with Crippen molar-refractivity contribution in [3.8, 4) is 0 Å². The fraction of sp³-hybridized carbons (Fsp3) is 1.00. The number of likely N-dealkylation sites (N-methyl/N-ethyl adjacent to an activating group) is 1.